The van der Waals surface area contributed by atoms with Crippen molar-refractivity contribution in [3.8, 4) is 0 Å². The van der Waals surface area contributed by atoms with Gasteiger partial charge in [0.1, 0.15) is 6.33 Å². The summed E-state index contributed by atoms with van der Waals surface area (Å²) < 4.78 is 1.82. The molecule has 0 bridgehead atoms. The summed E-state index contributed by atoms with van der Waals surface area (Å²) in [5.41, 5.74) is 4.73. The minimum absolute atomic E-state index is 0.957. The average Bonchev–Trinajstić information content (AvgIpc) is 2.48. The Balaban J connectivity index is 2.94. The zero-order valence-corrected chi connectivity index (χ0v) is 7.50. The van der Waals surface area contributed by atoms with Crippen LogP contribution in [0.1, 0.15) is 16.7 Å². The number of hydrogen-bond acceptors (Lipinski definition) is 2. The van der Waals surface area contributed by atoms with Gasteiger partial charge in [-0.15, -0.1) is 0 Å². The first-order valence-corrected chi connectivity index (χ1v) is 3.96. The predicted octanol–water partition coefficient (Wildman–Crippen LogP) is 1.65. The van der Waals surface area contributed by atoms with E-state index in [0.29, 0.717) is 0 Å². The summed E-state index contributed by atoms with van der Waals surface area (Å²) in [6, 6.07) is 0. The molecule has 0 saturated heterocycles. The van der Waals surface area contributed by atoms with Crippen LogP contribution in [-0.2, 0) is 0 Å². The second-order valence-electron chi connectivity index (χ2n) is 3.09. The highest BCUT2D eigenvalue weighted by Gasteiger charge is 2.04. The average molecular weight is 161 g/mol. The molecule has 0 radical (unpaired) electrons. The van der Waals surface area contributed by atoms with Gasteiger partial charge in [0.25, 0.3) is 0 Å². The summed E-state index contributed by atoms with van der Waals surface area (Å²) in [5.74, 6) is 0. The molecule has 2 heterocycles. The maximum Gasteiger partial charge on any atom is 0.158 e. The van der Waals surface area contributed by atoms with Gasteiger partial charge in [-0.05, 0) is 37.5 Å². The first kappa shape index (κ1) is 7.28. The summed E-state index contributed by atoms with van der Waals surface area (Å²) in [6.07, 6.45) is 3.59. The summed E-state index contributed by atoms with van der Waals surface area (Å²) in [4.78, 5) is 4.17. The van der Waals surface area contributed by atoms with E-state index in [1.165, 1.54) is 16.7 Å². The molecule has 0 atom stereocenters. The summed E-state index contributed by atoms with van der Waals surface area (Å²) >= 11 is 0. The third-order valence-electron chi connectivity index (χ3n) is 2.38. The number of pyridine rings is 1. The Morgan fingerprint density at radius 2 is 1.92 bits per heavy atom. The second-order valence-corrected chi connectivity index (χ2v) is 3.09. The molecule has 0 spiro atoms. The maximum absolute atomic E-state index is 4.17. The molecule has 0 aromatic carbocycles. The van der Waals surface area contributed by atoms with E-state index in [0.717, 1.165) is 5.65 Å². The van der Waals surface area contributed by atoms with E-state index in [-0.39, 0.29) is 0 Å². The molecule has 2 aromatic rings. The van der Waals surface area contributed by atoms with Gasteiger partial charge in [-0.25, -0.2) is 9.50 Å². The smallest absolute Gasteiger partial charge is 0.158 e. The van der Waals surface area contributed by atoms with Crippen molar-refractivity contribution in [2.45, 2.75) is 20.8 Å². The molecule has 62 valence electrons. The van der Waals surface area contributed by atoms with Crippen LogP contribution in [-0.4, -0.2) is 14.6 Å². The largest absolute Gasteiger partial charge is 0.221 e. The Morgan fingerprint density at radius 3 is 2.67 bits per heavy atom. The molecular weight excluding hydrogens is 150 g/mol. The lowest BCUT2D eigenvalue weighted by atomic mass is 10.1. The van der Waals surface area contributed by atoms with Gasteiger partial charge in [-0.2, -0.15) is 5.10 Å². The van der Waals surface area contributed by atoms with Gasteiger partial charge in [0.15, 0.2) is 5.65 Å². The Bertz CT molecular complexity index is 429. The molecule has 0 unspecified atom stereocenters. The zero-order valence-electron chi connectivity index (χ0n) is 7.50. The van der Waals surface area contributed by atoms with Crippen LogP contribution in [0.25, 0.3) is 5.65 Å². The zero-order chi connectivity index (χ0) is 8.72. The lowest BCUT2D eigenvalue weighted by Gasteiger charge is -2.04. The van der Waals surface area contributed by atoms with E-state index < -0.39 is 0 Å². The molecule has 2 rings (SSSR count). The van der Waals surface area contributed by atoms with Crippen LogP contribution in [0.2, 0.25) is 0 Å². The highest BCUT2D eigenvalue weighted by atomic mass is 15.3. The van der Waals surface area contributed by atoms with Crippen molar-refractivity contribution in [3.63, 3.8) is 0 Å². The minimum Gasteiger partial charge on any atom is -0.221 e. The molecule has 0 N–H and O–H groups in total. The van der Waals surface area contributed by atoms with Crippen molar-refractivity contribution in [1.82, 2.24) is 14.6 Å². The highest BCUT2D eigenvalue weighted by Crippen LogP contribution is 2.15. The van der Waals surface area contributed by atoms with Gasteiger partial charge in [0, 0.05) is 6.20 Å². The molecule has 0 amide bonds. The number of aromatic nitrogens is 3. The Hall–Kier alpha value is -1.38. The van der Waals surface area contributed by atoms with E-state index >= 15 is 0 Å². The van der Waals surface area contributed by atoms with Crippen molar-refractivity contribution in [1.29, 1.82) is 0 Å². The minimum atomic E-state index is 0.957. The number of nitrogens with zero attached hydrogens (tertiary/aromatic N) is 3. The Kier molecular flexibility index (Phi) is 1.40. The SMILES string of the molecule is Cc1cn2ncnc2c(C)c1C. The van der Waals surface area contributed by atoms with E-state index in [9.17, 15) is 0 Å². The van der Waals surface area contributed by atoms with Crippen molar-refractivity contribution >= 4 is 5.65 Å². The van der Waals surface area contributed by atoms with Crippen LogP contribution in [0, 0.1) is 20.8 Å². The van der Waals surface area contributed by atoms with Crippen LogP contribution in [0.4, 0.5) is 0 Å². The first-order chi connectivity index (χ1) is 5.70. The number of rotatable bonds is 0. The standard InChI is InChI=1S/C9H11N3/c1-6-4-12-9(10-5-11-12)8(3)7(6)2/h4-5H,1-3H3. The fourth-order valence-electron chi connectivity index (χ4n) is 1.36. The summed E-state index contributed by atoms with van der Waals surface area (Å²) in [7, 11) is 0. The van der Waals surface area contributed by atoms with Gasteiger partial charge in [0.2, 0.25) is 0 Å². The van der Waals surface area contributed by atoms with Crippen LogP contribution in [0.15, 0.2) is 12.5 Å². The molecule has 3 heteroatoms. The van der Waals surface area contributed by atoms with Crippen molar-refractivity contribution in [2.75, 3.05) is 0 Å². The highest BCUT2D eigenvalue weighted by molar-refractivity contribution is 5.51. The van der Waals surface area contributed by atoms with Crippen LogP contribution >= 0.6 is 0 Å². The monoisotopic (exact) mass is 161 g/mol. The van der Waals surface area contributed by atoms with E-state index in [1.807, 2.05) is 10.7 Å². The Labute approximate surface area is 71.1 Å². The fraction of sp³-hybridized carbons (Fsp3) is 0.333. The quantitative estimate of drug-likeness (QED) is 0.588. The molecule has 0 aliphatic rings. The van der Waals surface area contributed by atoms with Gasteiger partial charge >= 0.3 is 0 Å². The van der Waals surface area contributed by atoms with E-state index in [1.54, 1.807) is 6.33 Å². The van der Waals surface area contributed by atoms with Gasteiger partial charge in [0.05, 0.1) is 0 Å². The van der Waals surface area contributed by atoms with Crippen molar-refractivity contribution < 1.29 is 0 Å². The summed E-state index contributed by atoms with van der Waals surface area (Å²) in [6.45, 7) is 6.27. The Morgan fingerprint density at radius 1 is 1.17 bits per heavy atom. The molecule has 2 aromatic heterocycles. The molecular formula is C9H11N3. The molecule has 0 aliphatic heterocycles. The van der Waals surface area contributed by atoms with E-state index in [4.69, 9.17) is 0 Å². The van der Waals surface area contributed by atoms with Crippen molar-refractivity contribution in [2.24, 2.45) is 0 Å². The lowest BCUT2D eigenvalue weighted by Crippen LogP contribution is -1.95. The molecule has 0 aliphatic carbocycles. The van der Waals surface area contributed by atoms with Crippen LogP contribution in [0.5, 0.6) is 0 Å². The third kappa shape index (κ3) is 0.826. The van der Waals surface area contributed by atoms with Crippen LogP contribution < -0.4 is 0 Å². The molecule has 12 heavy (non-hydrogen) atoms. The molecule has 0 saturated carbocycles. The van der Waals surface area contributed by atoms with Crippen molar-refractivity contribution in [3.05, 3.63) is 29.2 Å². The van der Waals surface area contributed by atoms with Gasteiger partial charge < -0.3 is 0 Å². The predicted molar refractivity (Wildman–Crippen MR) is 47.2 cm³/mol. The number of aryl methyl sites for hydroxylation is 2. The van der Waals surface area contributed by atoms with Gasteiger partial charge in [-0.1, -0.05) is 0 Å². The summed E-state index contributed by atoms with van der Waals surface area (Å²) in [5, 5.41) is 4.09. The lowest BCUT2D eigenvalue weighted by molar-refractivity contribution is 0.939. The number of fused-ring (bicyclic) bond motifs is 1. The second kappa shape index (κ2) is 2.30. The fourth-order valence-corrected chi connectivity index (χ4v) is 1.36. The molecule has 3 nitrogen and oxygen atoms in total. The first-order valence-electron chi connectivity index (χ1n) is 3.96. The normalized spacial score (nSPS) is 10.9. The van der Waals surface area contributed by atoms with Gasteiger partial charge in [-0.3, -0.25) is 0 Å². The molecule has 0 fully saturated rings. The topological polar surface area (TPSA) is 30.2 Å². The van der Waals surface area contributed by atoms with Crippen LogP contribution in [0.3, 0.4) is 0 Å². The number of hydrogen-bond donors (Lipinski definition) is 0. The third-order valence-corrected chi connectivity index (χ3v) is 2.38. The van der Waals surface area contributed by atoms with E-state index in [2.05, 4.69) is 30.9 Å². The maximum atomic E-state index is 4.17.